The highest BCUT2D eigenvalue weighted by molar-refractivity contribution is 7.89. The summed E-state index contributed by atoms with van der Waals surface area (Å²) in [6.07, 6.45) is 4.32. The van der Waals surface area contributed by atoms with E-state index in [1.54, 1.807) is 6.07 Å². The Morgan fingerprint density at radius 1 is 1.30 bits per heavy atom. The largest absolute Gasteiger partial charge is 0.308 e. The van der Waals surface area contributed by atoms with Gasteiger partial charge in [0, 0.05) is 12.2 Å². The molecule has 6 nitrogen and oxygen atoms in total. The monoisotopic (exact) mass is 298 g/mol. The Kier molecular flexibility index (Phi) is 4.62. The molecule has 0 bridgehead atoms. The molecule has 1 aromatic rings. The maximum atomic E-state index is 12.3. The zero-order valence-corrected chi connectivity index (χ0v) is 12.7. The minimum absolute atomic E-state index is 0.00325. The van der Waals surface area contributed by atoms with E-state index in [2.05, 4.69) is 29.0 Å². The first-order valence-corrected chi connectivity index (χ1v) is 8.35. The Hall–Kier alpha value is -1.18. The molecule has 1 aliphatic rings. The molecule has 0 amide bonds. The van der Waals surface area contributed by atoms with Crippen molar-refractivity contribution in [1.29, 1.82) is 0 Å². The summed E-state index contributed by atoms with van der Waals surface area (Å²) >= 11 is 0. The number of rotatable bonds is 4. The van der Waals surface area contributed by atoms with E-state index in [9.17, 15) is 8.42 Å². The van der Waals surface area contributed by atoms with Gasteiger partial charge in [0.25, 0.3) is 0 Å². The highest BCUT2D eigenvalue weighted by atomic mass is 32.2. The fourth-order valence-corrected chi connectivity index (χ4v) is 4.06. The van der Waals surface area contributed by atoms with Crippen LogP contribution in [-0.2, 0) is 10.0 Å². The van der Waals surface area contributed by atoms with Crippen molar-refractivity contribution in [2.75, 3.05) is 5.43 Å². The van der Waals surface area contributed by atoms with Gasteiger partial charge in [-0.15, -0.1) is 0 Å². The molecule has 1 fully saturated rings. The van der Waals surface area contributed by atoms with E-state index < -0.39 is 10.0 Å². The molecule has 0 radical (unpaired) electrons. The standard InChI is InChI=1S/C13H22N4O2S/c1-9-3-5-12(10(2)7-9)17-20(18,19)11-4-6-13(16-14)15-8-11/h4,6,8-10,12,17H,3,5,7,14H2,1-2H3,(H,15,16). The van der Waals surface area contributed by atoms with Crippen molar-refractivity contribution in [3.63, 3.8) is 0 Å². The molecular weight excluding hydrogens is 276 g/mol. The molecule has 0 aliphatic heterocycles. The van der Waals surface area contributed by atoms with Gasteiger partial charge in [0.05, 0.1) is 0 Å². The Balaban J connectivity index is 2.10. The van der Waals surface area contributed by atoms with E-state index in [0.717, 1.165) is 19.3 Å². The highest BCUT2D eigenvalue weighted by Gasteiger charge is 2.29. The van der Waals surface area contributed by atoms with Crippen LogP contribution < -0.4 is 16.0 Å². The lowest BCUT2D eigenvalue weighted by molar-refractivity contribution is 0.249. The third-order valence-electron chi connectivity index (χ3n) is 3.93. The third-order valence-corrected chi connectivity index (χ3v) is 5.41. The number of pyridine rings is 1. The zero-order chi connectivity index (χ0) is 14.8. The topological polar surface area (TPSA) is 97.1 Å². The predicted octanol–water partition coefficient (Wildman–Crippen LogP) is 1.47. The fraction of sp³-hybridized carbons (Fsp3) is 0.615. The molecule has 0 saturated heterocycles. The second-order valence-corrected chi connectivity index (χ2v) is 7.36. The van der Waals surface area contributed by atoms with Crippen LogP contribution in [0, 0.1) is 11.8 Å². The summed E-state index contributed by atoms with van der Waals surface area (Å²) in [7, 11) is -3.52. The number of aromatic nitrogens is 1. The van der Waals surface area contributed by atoms with Gasteiger partial charge in [0.2, 0.25) is 10.0 Å². The van der Waals surface area contributed by atoms with Crippen molar-refractivity contribution < 1.29 is 8.42 Å². The quantitative estimate of drug-likeness (QED) is 0.578. The van der Waals surface area contributed by atoms with E-state index in [0.29, 0.717) is 17.7 Å². The molecule has 4 N–H and O–H groups in total. The van der Waals surface area contributed by atoms with Crippen LogP contribution in [0.5, 0.6) is 0 Å². The van der Waals surface area contributed by atoms with E-state index in [1.165, 1.54) is 12.3 Å². The Labute approximate surface area is 120 Å². The van der Waals surface area contributed by atoms with Crippen LogP contribution >= 0.6 is 0 Å². The van der Waals surface area contributed by atoms with Crippen LogP contribution in [0.1, 0.15) is 33.1 Å². The first-order valence-electron chi connectivity index (χ1n) is 6.87. The summed E-state index contributed by atoms with van der Waals surface area (Å²) in [5.74, 6) is 6.67. The zero-order valence-electron chi connectivity index (χ0n) is 11.8. The van der Waals surface area contributed by atoms with E-state index >= 15 is 0 Å². The molecular formula is C13H22N4O2S. The van der Waals surface area contributed by atoms with Crippen LogP contribution in [-0.4, -0.2) is 19.4 Å². The number of nitrogens with one attached hydrogen (secondary N) is 2. The van der Waals surface area contributed by atoms with Gasteiger partial charge in [0.1, 0.15) is 10.7 Å². The van der Waals surface area contributed by atoms with Crippen LogP contribution in [0.4, 0.5) is 5.82 Å². The average molecular weight is 298 g/mol. The SMILES string of the molecule is CC1CCC(NS(=O)(=O)c2ccc(NN)nc2)C(C)C1. The van der Waals surface area contributed by atoms with Crippen LogP contribution in [0.25, 0.3) is 0 Å². The van der Waals surface area contributed by atoms with Crippen molar-refractivity contribution in [2.45, 2.75) is 44.0 Å². The predicted molar refractivity (Wildman–Crippen MR) is 78.3 cm³/mol. The lowest BCUT2D eigenvalue weighted by Crippen LogP contribution is -2.42. The second-order valence-electron chi connectivity index (χ2n) is 5.65. The van der Waals surface area contributed by atoms with E-state index in [-0.39, 0.29) is 10.9 Å². The first kappa shape index (κ1) is 15.2. The van der Waals surface area contributed by atoms with Gasteiger partial charge in [-0.1, -0.05) is 13.8 Å². The number of nitrogens with zero attached hydrogens (tertiary/aromatic N) is 1. The molecule has 2 rings (SSSR count). The van der Waals surface area contributed by atoms with Gasteiger partial charge in [-0.05, 0) is 43.2 Å². The molecule has 1 aliphatic carbocycles. The summed E-state index contributed by atoms with van der Waals surface area (Å²) in [5, 5.41) is 0. The number of hydrogen-bond acceptors (Lipinski definition) is 5. The maximum absolute atomic E-state index is 12.3. The summed E-state index contributed by atoms with van der Waals surface area (Å²) in [5.41, 5.74) is 2.37. The Morgan fingerprint density at radius 2 is 2.05 bits per heavy atom. The lowest BCUT2D eigenvalue weighted by Gasteiger charge is -2.32. The third kappa shape index (κ3) is 3.47. The number of nitrogen functional groups attached to an aromatic ring is 1. The van der Waals surface area contributed by atoms with Crippen molar-refractivity contribution in [1.82, 2.24) is 9.71 Å². The molecule has 0 aromatic carbocycles. The molecule has 0 spiro atoms. The summed E-state index contributed by atoms with van der Waals surface area (Å²) in [6, 6.07) is 3.05. The summed E-state index contributed by atoms with van der Waals surface area (Å²) in [6.45, 7) is 4.31. The molecule has 20 heavy (non-hydrogen) atoms. The first-order chi connectivity index (χ1) is 9.42. The second kappa shape index (κ2) is 6.07. The number of sulfonamides is 1. The molecule has 3 unspecified atom stereocenters. The van der Waals surface area contributed by atoms with Crippen LogP contribution in [0.15, 0.2) is 23.2 Å². The van der Waals surface area contributed by atoms with Gasteiger partial charge in [0.15, 0.2) is 0 Å². The molecule has 1 saturated carbocycles. The highest BCUT2D eigenvalue weighted by Crippen LogP contribution is 2.29. The summed E-state index contributed by atoms with van der Waals surface area (Å²) < 4.78 is 27.4. The van der Waals surface area contributed by atoms with Gasteiger partial charge in [-0.3, -0.25) is 0 Å². The molecule has 1 aromatic heterocycles. The maximum Gasteiger partial charge on any atom is 0.242 e. The van der Waals surface area contributed by atoms with E-state index in [4.69, 9.17) is 5.84 Å². The van der Waals surface area contributed by atoms with Crippen molar-refractivity contribution in [2.24, 2.45) is 17.7 Å². The number of hydrazine groups is 1. The Morgan fingerprint density at radius 3 is 2.60 bits per heavy atom. The van der Waals surface area contributed by atoms with E-state index in [1.807, 2.05) is 0 Å². The van der Waals surface area contributed by atoms with Crippen molar-refractivity contribution in [3.8, 4) is 0 Å². The Bertz CT molecular complexity index is 544. The van der Waals surface area contributed by atoms with Crippen LogP contribution in [0.2, 0.25) is 0 Å². The van der Waals surface area contributed by atoms with Crippen molar-refractivity contribution >= 4 is 15.8 Å². The minimum atomic E-state index is -3.52. The van der Waals surface area contributed by atoms with Gasteiger partial charge < -0.3 is 5.43 Å². The van der Waals surface area contributed by atoms with Gasteiger partial charge in [-0.2, -0.15) is 0 Å². The summed E-state index contributed by atoms with van der Waals surface area (Å²) in [4.78, 5) is 4.10. The molecule has 3 atom stereocenters. The smallest absolute Gasteiger partial charge is 0.242 e. The lowest BCUT2D eigenvalue weighted by atomic mass is 9.80. The normalized spacial score (nSPS) is 27.2. The molecule has 7 heteroatoms. The van der Waals surface area contributed by atoms with Gasteiger partial charge in [-0.25, -0.2) is 24.0 Å². The average Bonchev–Trinajstić information content (AvgIpc) is 2.42. The molecule has 112 valence electrons. The molecule has 1 heterocycles. The van der Waals surface area contributed by atoms with Crippen LogP contribution in [0.3, 0.4) is 0 Å². The fourth-order valence-electron chi connectivity index (χ4n) is 2.73. The number of nitrogens with two attached hydrogens (primary N) is 1. The number of anilines is 1. The minimum Gasteiger partial charge on any atom is -0.308 e. The number of hydrogen-bond donors (Lipinski definition) is 3. The van der Waals surface area contributed by atoms with Gasteiger partial charge >= 0.3 is 0 Å². The van der Waals surface area contributed by atoms with Crippen molar-refractivity contribution in [3.05, 3.63) is 18.3 Å².